The van der Waals surface area contributed by atoms with Crippen molar-refractivity contribution in [2.75, 3.05) is 0 Å². The van der Waals surface area contributed by atoms with Gasteiger partial charge in [0.25, 0.3) is 0 Å². The first kappa shape index (κ1) is 21.3. The molecule has 30 heavy (non-hydrogen) atoms. The lowest BCUT2D eigenvalue weighted by Gasteiger charge is -2.58. The Morgan fingerprint density at radius 1 is 1.03 bits per heavy atom. The van der Waals surface area contributed by atoms with E-state index in [1.165, 1.54) is 44.9 Å². The van der Waals surface area contributed by atoms with Crippen LogP contribution in [0.3, 0.4) is 0 Å². The Morgan fingerprint density at radius 2 is 1.80 bits per heavy atom. The Bertz CT molecular complexity index is 758. The monoisotopic (exact) mass is 410 g/mol. The van der Waals surface area contributed by atoms with E-state index < -0.39 is 0 Å². The topological polar surface area (TPSA) is 20.2 Å². The standard InChI is InChI=1S/C29H46O/c1-17(2)27-19(4)23(27)15-18(3)24-9-10-25-22-8-7-20-16-21(30)11-13-28(20,5)26(22)12-14-29(24,25)6/h7,17-19,21-22,24-26,30H,8-16H2,1-6H3. The maximum Gasteiger partial charge on any atom is 0.0577 e. The Hall–Kier alpha value is -0.560. The lowest BCUT2D eigenvalue weighted by Crippen LogP contribution is -2.50. The summed E-state index contributed by atoms with van der Waals surface area (Å²) in [5, 5.41) is 10.2. The molecule has 0 aromatic carbocycles. The van der Waals surface area contributed by atoms with E-state index >= 15 is 0 Å². The van der Waals surface area contributed by atoms with Crippen LogP contribution in [0.5, 0.6) is 0 Å². The number of aliphatic hydroxyl groups is 1. The van der Waals surface area contributed by atoms with Gasteiger partial charge in [0.1, 0.15) is 0 Å². The van der Waals surface area contributed by atoms with E-state index in [9.17, 15) is 5.11 Å². The van der Waals surface area contributed by atoms with E-state index in [1.54, 1.807) is 11.1 Å². The van der Waals surface area contributed by atoms with Gasteiger partial charge in [-0.15, -0.1) is 0 Å². The molecule has 0 aromatic rings. The largest absolute Gasteiger partial charge is 0.393 e. The second kappa shape index (κ2) is 7.23. The van der Waals surface area contributed by atoms with E-state index in [2.05, 4.69) is 47.6 Å². The van der Waals surface area contributed by atoms with Crippen molar-refractivity contribution in [3.05, 3.63) is 22.8 Å². The Kier molecular flexibility index (Phi) is 5.13. The molecule has 0 bridgehead atoms. The third-order valence-corrected chi connectivity index (χ3v) is 11.3. The zero-order valence-corrected chi connectivity index (χ0v) is 20.5. The molecule has 1 nitrogen and oxygen atoms in total. The van der Waals surface area contributed by atoms with Crippen molar-refractivity contribution in [2.24, 2.45) is 52.3 Å². The van der Waals surface area contributed by atoms with Crippen LogP contribution in [0.1, 0.15) is 99.3 Å². The molecule has 1 N–H and O–H groups in total. The predicted molar refractivity (Wildman–Crippen MR) is 126 cm³/mol. The molecule has 1 heteroatoms. The van der Waals surface area contributed by atoms with Crippen LogP contribution in [0.15, 0.2) is 22.8 Å². The van der Waals surface area contributed by atoms with Crippen molar-refractivity contribution in [3.63, 3.8) is 0 Å². The smallest absolute Gasteiger partial charge is 0.0577 e. The molecule has 5 rings (SSSR count). The van der Waals surface area contributed by atoms with Gasteiger partial charge in [-0.25, -0.2) is 0 Å². The fourth-order valence-electron chi connectivity index (χ4n) is 9.69. The second-order valence-electron chi connectivity index (χ2n) is 12.9. The fourth-order valence-corrected chi connectivity index (χ4v) is 9.69. The zero-order chi connectivity index (χ0) is 21.4. The summed E-state index contributed by atoms with van der Waals surface area (Å²) in [5.41, 5.74) is 6.16. The maximum absolute atomic E-state index is 10.2. The molecule has 0 amide bonds. The average Bonchev–Trinajstić information content (AvgIpc) is 3.17. The van der Waals surface area contributed by atoms with Crippen molar-refractivity contribution < 1.29 is 5.11 Å². The van der Waals surface area contributed by atoms with Crippen LogP contribution in [0.4, 0.5) is 0 Å². The van der Waals surface area contributed by atoms with Crippen molar-refractivity contribution >= 4 is 0 Å². The van der Waals surface area contributed by atoms with Crippen LogP contribution in [0.25, 0.3) is 0 Å². The summed E-state index contributed by atoms with van der Waals surface area (Å²) in [6.45, 7) is 15.1. The summed E-state index contributed by atoms with van der Waals surface area (Å²) >= 11 is 0. The van der Waals surface area contributed by atoms with Crippen molar-refractivity contribution in [3.8, 4) is 0 Å². The molecule has 9 atom stereocenters. The minimum absolute atomic E-state index is 0.0821. The molecule has 9 unspecified atom stereocenters. The van der Waals surface area contributed by atoms with Gasteiger partial charge in [-0.2, -0.15) is 0 Å². The highest BCUT2D eigenvalue weighted by atomic mass is 16.3. The van der Waals surface area contributed by atoms with Gasteiger partial charge < -0.3 is 5.11 Å². The molecular weight excluding hydrogens is 364 g/mol. The molecule has 0 heterocycles. The van der Waals surface area contributed by atoms with Crippen LogP contribution < -0.4 is 0 Å². The van der Waals surface area contributed by atoms with Crippen LogP contribution in [-0.2, 0) is 0 Å². The SMILES string of the molecule is CC(C)C1=C(CC(C)C2CCC3C4CC=C5CC(O)CCC5(C)C4CCC23C)C1C. The predicted octanol–water partition coefficient (Wildman–Crippen LogP) is 7.55. The molecule has 0 aliphatic heterocycles. The van der Waals surface area contributed by atoms with Crippen LogP contribution in [0.2, 0.25) is 0 Å². The van der Waals surface area contributed by atoms with E-state index in [-0.39, 0.29) is 6.10 Å². The summed E-state index contributed by atoms with van der Waals surface area (Å²) in [6.07, 6.45) is 14.2. The van der Waals surface area contributed by atoms with Gasteiger partial charge in [0.15, 0.2) is 0 Å². The Balaban J connectivity index is 1.34. The molecular formula is C29H46O. The molecule has 3 fully saturated rings. The highest BCUT2D eigenvalue weighted by Crippen LogP contribution is 2.67. The van der Waals surface area contributed by atoms with Gasteiger partial charge in [-0.1, -0.05) is 64.3 Å². The number of rotatable bonds is 4. The molecule has 0 saturated heterocycles. The second-order valence-corrected chi connectivity index (χ2v) is 12.9. The highest BCUT2D eigenvalue weighted by Gasteiger charge is 2.59. The van der Waals surface area contributed by atoms with Gasteiger partial charge in [0, 0.05) is 0 Å². The molecule has 5 aliphatic rings. The normalized spacial score (nSPS) is 48.7. The van der Waals surface area contributed by atoms with Gasteiger partial charge in [-0.3, -0.25) is 0 Å². The molecule has 0 radical (unpaired) electrons. The lowest BCUT2D eigenvalue weighted by atomic mass is 9.47. The molecule has 5 aliphatic carbocycles. The third kappa shape index (κ3) is 3.04. The minimum atomic E-state index is -0.0821. The summed E-state index contributed by atoms with van der Waals surface area (Å²) in [5.74, 6) is 6.02. The van der Waals surface area contributed by atoms with Gasteiger partial charge in [0.05, 0.1) is 6.10 Å². The van der Waals surface area contributed by atoms with E-state index in [1.807, 2.05) is 5.57 Å². The van der Waals surface area contributed by atoms with Gasteiger partial charge >= 0.3 is 0 Å². The van der Waals surface area contributed by atoms with Crippen LogP contribution in [0, 0.1) is 52.3 Å². The molecule has 168 valence electrons. The van der Waals surface area contributed by atoms with Gasteiger partial charge in [0.2, 0.25) is 0 Å². The zero-order valence-electron chi connectivity index (χ0n) is 20.5. The number of hydrogen-bond acceptors (Lipinski definition) is 1. The van der Waals surface area contributed by atoms with Crippen LogP contribution in [-0.4, -0.2) is 11.2 Å². The van der Waals surface area contributed by atoms with E-state index in [4.69, 9.17) is 0 Å². The van der Waals surface area contributed by atoms with Crippen molar-refractivity contribution in [1.29, 1.82) is 0 Å². The number of hydrogen-bond donors (Lipinski definition) is 1. The van der Waals surface area contributed by atoms with Crippen LogP contribution >= 0.6 is 0 Å². The molecule has 3 saturated carbocycles. The van der Waals surface area contributed by atoms with Gasteiger partial charge in [-0.05, 0) is 110 Å². The number of fused-ring (bicyclic) bond motifs is 5. The minimum Gasteiger partial charge on any atom is -0.393 e. The third-order valence-electron chi connectivity index (χ3n) is 11.3. The molecule has 0 aromatic heterocycles. The average molecular weight is 411 g/mol. The van der Waals surface area contributed by atoms with E-state index in [0.29, 0.717) is 10.8 Å². The summed E-state index contributed by atoms with van der Waals surface area (Å²) in [4.78, 5) is 0. The Morgan fingerprint density at radius 3 is 2.50 bits per heavy atom. The summed E-state index contributed by atoms with van der Waals surface area (Å²) in [6, 6.07) is 0. The quantitative estimate of drug-likeness (QED) is 0.474. The summed E-state index contributed by atoms with van der Waals surface area (Å²) < 4.78 is 0. The molecule has 0 spiro atoms. The first-order chi connectivity index (χ1) is 14.2. The Labute approximate surface area is 185 Å². The first-order valence-corrected chi connectivity index (χ1v) is 13.3. The van der Waals surface area contributed by atoms with Crippen molar-refractivity contribution in [1.82, 2.24) is 0 Å². The summed E-state index contributed by atoms with van der Waals surface area (Å²) in [7, 11) is 0. The fraction of sp³-hybridized carbons (Fsp3) is 0.862. The number of aliphatic hydroxyl groups excluding tert-OH is 1. The number of allylic oxidation sites excluding steroid dienone is 3. The maximum atomic E-state index is 10.2. The lowest BCUT2D eigenvalue weighted by molar-refractivity contribution is -0.0566. The van der Waals surface area contributed by atoms with Crippen molar-refractivity contribution in [2.45, 2.75) is 105 Å². The van der Waals surface area contributed by atoms with E-state index in [0.717, 1.165) is 54.3 Å². The highest BCUT2D eigenvalue weighted by molar-refractivity contribution is 5.41. The first-order valence-electron chi connectivity index (χ1n) is 13.3.